The highest BCUT2D eigenvalue weighted by Gasteiger charge is 1.60. The van der Waals surface area contributed by atoms with E-state index in [4.69, 9.17) is 0 Å². The summed E-state index contributed by atoms with van der Waals surface area (Å²) in [6.07, 6.45) is 3.28. The van der Waals surface area contributed by atoms with Crippen LogP contribution in [0.3, 0.4) is 0 Å². The fraction of sp³-hybridized carbons (Fsp3) is 0. The van der Waals surface area contributed by atoms with E-state index >= 15 is 0 Å². The van der Waals surface area contributed by atoms with Gasteiger partial charge in [-0.25, -0.2) is 0 Å². The summed E-state index contributed by atoms with van der Waals surface area (Å²) in [6, 6.07) is 19.7. The van der Waals surface area contributed by atoms with Crippen LogP contribution in [0, 0.1) is 0 Å². The van der Waals surface area contributed by atoms with Gasteiger partial charge in [-0.05, 0) is 22.9 Å². The molecule has 1 aromatic carbocycles. The molecular formula is C14H15ClN2S. The van der Waals surface area contributed by atoms with Gasteiger partial charge in [-0.15, -0.1) is 12.4 Å². The van der Waals surface area contributed by atoms with E-state index < -0.39 is 0 Å². The molecule has 4 heteroatoms. The summed E-state index contributed by atoms with van der Waals surface area (Å²) < 4.78 is 0. The van der Waals surface area contributed by atoms with Crippen molar-refractivity contribution in [3.05, 3.63) is 83.8 Å². The maximum Gasteiger partial charge on any atom is 0.0496 e. The monoisotopic (exact) mass is 278 g/mol. The van der Waals surface area contributed by atoms with Crippen LogP contribution >= 0.6 is 23.7 Å². The van der Waals surface area contributed by atoms with Crippen LogP contribution in [-0.2, 0) is 0 Å². The molecule has 2 nitrogen and oxygen atoms in total. The van der Waals surface area contributed by atoms with Gasteiger partial charge in [-0.3, -0.25) is 0 Å². The molecule has 94 valence electrons. The first-order chi connectivity index (χ1) is 8.50. The Morgan fingerprint density at radius 3 is 1.06 bits per heavy atom. The van der Waals surface area contributed by atoms with Gasteiger partial charge in [0.15, 0.2) is 0 Å². The summed E-state index contributed by atoms with van der Waals surface area (Å²) in [5.74, 6) is 0. The lowest BCUT2D eigenvalue weighted by Crippen LogP contribution is -1.69. The molecule has 0 amide bonds. The zero-order valence-corrected chi connectivity index (χ0v) is 11.4. The first-order valence-electron chi connectivity index (χ1n) is 5.19. The van der Waals surface area contributed by atoms with Gasteiger partial charge in [0.25, 0.3) is 0 Å². The number of aromatic nitrogens is 2. The Hall–Kier alpha value is -1.71. The standard InChI is InChI=1S/C6H6.C4H4N2.C4H4S.ClH/c2*1-2-4-6-5-3-1;1-2-4-5-3-1;/h1-6H;1-4H;1-4H;1H. The molecule has 0 aliphatic carbocycles. The quantitative estimate of drug-likeness (QED) is 0.611. The minimum Gasteiger partial charge on any atom is -0.159 e. The first kappa shape index (κ1) is 16.3. The zero-order valence-electron chi connectivity index (χ0n) is 9.79. The molecule has 18 heavy (non-hydrogen) atoms. The first-order valence-corrected chi connectivity index (χ1v) is 6.13. The van der Waals surface area contributed by atoms with E-state index in [1.165, 1.54) is 0 Å². The molecule has 2 aromatic heterocycles. The molecule has 0 aliphatic heterocycles. The minimum atomic E-state index is 0. The van der Waals surface area contributed by atoms with Crippen LogP contribution in [0.5, 0.6) is 0 Å². The van der Waals surface area contributed by atoms with Crippen molar-refractivity contribution < 1.29 is 0 Å². The number of thiophene rings is 1. The van der Waals surface area contributed by atoms with Gasteiger partial charge in [-0.1, -0.05) is 48.5 Å². The summed E-state index contributed by atoms with van der Waals surface area (Å²) >= 11 is 1.71. The SMILES string of the molecule is Cl.c1ccccc1.c1ccnnc1.c1ccsc1. The van der Waals surface area contributed by atoms with Gasteiger partial charge in [0.2, 0.25) is 0 Å². The zero-order chi connectivity index (χ0) is 12.0. The van der Waals surface area contributed by atoms with E-state index in [1.54, 1.807) is 23.7 Å². The van der Waals surface area contributed by atoms with Gasteiger partial charge in [0, 0.05) is 12.4 Å². The minimum absolute atomic E-state index is 0. The fourth-order valence-electron chi connectivity index (χ4n) is 0.865. The largest absolute Gasteiger partial charge is 0.159 e. The predicted octanol–water partition coefficient (Wildman–Crippen LogP) is 4.33. The van der Waals surface area contributed by atoms with Gasteiger partial charge in [-0.2, -0.15) is 21.5 Å². The molecule has 2 heterocycles. The Labute approximate surface area is 118 Å². The average Bonchev–Trinajstić information content (AvgIpc) is 3.03. The van der Waals surface area contributed by atoms with Crippen LogP contribution < -0.4 is 0 Å². The third-order valence-electron chi connectivity index (χ3n) is 1.58. The third-order valence-corrected chi connectivity index (χ3v) is 2.20. The summed E-state index contributed by atoms with van der Waals surface area (Å²) in [5.41, 5.74) is 0. The Morgan fingerprint density at radius 1 is 0.500 bits per heavy atom. The topological polar surface area (TPSA) is 25.8 Å². The molecule has 0 radical (unpaired) electrons. The van der Waals surface area contributed by atoms with Crippen molar-refractivity contribution in [2.24, 2.45) is 0 Å². The average molecular weight is 279 g/mol. The molecule has 0 saturated carbocycles. The van der Waals surface area contributed by atoms with E-state index in [0.29, 0.717) is 0 Å². The van der Waals surface area contributed by atoms with Gasteiger partial charge in [0.1, 0.15) is 0 Å². The van der Waals surface area contributed by atoms with E-state index in [0.717, 1.165) is 0 Å². The lowest BCUT2D eigenvalue weighted by atomic mass is 10.4. The summed E-state index contributed by atoms with van der Waals surface area (Å²) in [5, 5.41) is 11.2. The van der Waals surface area contributed by atoms with Crippen molar-refractivity contribution in [3.8, 4) is 0 Å². The maximum atomic E-state index is 3.53. The van der Waals surface area contributed by atoms with E-state index in [9.17, 15) is 0 Å². The van der Waals surface area contributed by atoms with E-state index in [2.05, 4.69) is 10.2 Å². The lowest BCUT2D eigenvalue weighted by molar-refractivity contribution is 1.03. The van der Waals surface area contributed by atoms with Crippen molar-refractivity contribution in [1.82, 2.24) is 10.2 Å². The molecular weight excluding hydrogens is 264 g/mol. The second-order valence-electron chi connectivity index (χ2n) is 2.86. The Bertz CT molecular complexity index is 330. The molecule has 3 aromatic rings. The van der Waals surface area contributed by atoms with Crippen molar-refractivity contribution in [2.75, 3.05) is 0 Å². The van der Waals surface area contributed by atoms with Crippen LogP contribution in [0.2, 0.25) is 0 Å². The van der Waals surface area contributed by atoms with Crippen LogP contribution in [0.4, 0.5) is 0 Å². The molecule has 0 unspecified atom stereocenters. The highest BCUT2D eigenvalue weighted by atomic mass is 35.5. The van der Waals surface area contributed by atoms with Crippen molar-refractivity contribution in [1.29, 1.82) is 0 Å². The summed E-state index contributed by atoms with van der Waals surface area (Å²) in [7, 11) is 0. The number of nitrogens with zero attached hydrogens (tertiary/aromatic N) is 2. The second kappa shape index (κ2) is 13.4. The lowest BCUT2D eigenvalue weighted by Gasteiger charge is -1.69. The van der Waals surface area contributed by atoms with Crippen LogP contribution in [0.1, 0.15) is 0 Å². The van der Waals surface area contributed by atoms with Crippen molar-refractivity contribution in [3.63, 3.8) is 0 Å². The molecule has 0 atom stereocenters. The van der Waals surface area contributed by atoms with Crippen LogP contribution in [0.15, 0.2) is 83.8 Å². The second-order valence-corrected chi connectivity index (χ2v) is 3.68. The molecule has 0 spiro atoms. The smallest absolute Gasteiger partial charge is 0.0496 e. The van der Waals surface area contributed by atoms with Gasteiger partial charge < -0.3 is 0 Å². The van der Waals surface area contributed by atoms with Gasteiger partial charge >= 0.3 is 0 Å². The molecule has 0 saturated heterocycles. The van der Waals surface area contributed by atoms with Gasteiger partial charge in [0.05, 0.1) is 0 Å². The normalized spacial score (nSPS) is 7.56. The summed E-state index contributed by atoms with van der Waals surface area (Å²) in [6.45, 7) is 0. The van der Waals surface area contributed by atoms with Crippen molar-refractivity contribution >= 4 is 23.7 Å². The van der Waals surface area contributed by atoms with Crippen LogP contribution in [-0.4, -0.2) is 10.2 Å². The number of benzene rings is 1. The predicted molar refractivity (Wildman–Crippen MR) is 80.0 cm³/mol. The Kier molecular flexibility index (Phi) is 12.1. The fourth-order valence-corrected chi connectivity index (χ4v) is 1.32. The number of hydrogen-bond donors (Lipinski definition) is 0. The number of rotatable bonds is 0. The third kappa shape index (κ3) is 10.8. The van der Waals surface area contributed by atoms with E-state index in [-0.39, 0.29) is 12.4 Å². The van der Waals surface area contributed by atoms with Crippen LogP contribution in [0.25, 0.3) is 0 Å². The molecule has 0 aliphatic rings. The Balaban J connectivity index is 0.000000235. The number of hydrogen-bond acceptors (Lipinski definition) is 3. The molecule has 0 bridgehead atoms. The number of halogens is 1. The molecule has 0 fully saturated rings. The highest BCUT2D eigenvalue weighted by molar-refractivity contribution is 7.07. The molecule has 3 rings (SSSR count). The molecule has 0 N–H and O–H groups in total. The Morgan fingerprint density at radius 2 is 0.889 bits per heavy atom. The van der Waals surface area contributed by atoms with E-state index in [1.807, 2.05) is 71.4 Å². The summed E-state index contributed by atoms with van der Waals surface area (Å²) in [4.78, 5) is 0. The van der Waals surface area contributed by atoms with Crippen molar-refractivity contribution in [2.45, 2.75) is 0 Å². The maximum absolute atomic E-state index is 3.53. The highest BCUT2D eigenvalue weighted by Crippen LogP contribution is 1.91.